The average molecular weight is 377 g/mol. The second-order valence-electron chi connectivity index (χ2n) is 6.83. The van der Waals surface area contributed by atoms with Gasteiger partial charge in [-0.1, -0.05) is 24.3 Å². The number of Topliss-reactive ketones (excluding diaryl/α,β-unsaturated/α-hetero) is 1. The predicted molar refractivity (Wildman–Crippen MR) is 105 cm³/mol. The van der Waals surface area contributed by atoms with Crippen LogP contribution in [0.2, 0.25) is 0 Å². The van der Waals surface area contributed by atoms with Gasteiger partial charge in [0.25, 0.3) is 5.91 Å². The van der Waals surface area contributed by atoms with Crippen LogP contribution < -0.4 is 14.6 Å². The van der Waals surface area contributed by atoms with Crippen molar-refractivity contribution in [2.24, 2.45) is 11.0 Å². The molecule has 0 bridgehead atoms. The summed E-state index contributed by atoms with van der Waals surface area (Å²) in [4.78, 5) is 39.8. The molecule has 4 rings (SSSR count). The van der Waals surface area contributed by atoms with E-state index in [9.17, 15) is 14.4 Å². The zero-order valence-corrected chi connectivity index (χ0v) is 15.7. The summed E-state index contributed by atoms with van der Waals surface area (Å²) in [5.41, 5.74) is 2.11. The number of hydrogen-bond acceptors (Lipinski definition) is 6. The molecule has 0 radical (unpaired) electrons. The van der Waals surface area contributed by atoms with Gasteiger partial charge in [0.2, 0.25) is 5.91 Å². The third-order valence-electron chi connectivity index (χ3n) is 5.00. The van der Waals surface area contributed by atoms with Crippen LogP contribution >= 0.6 is 0 Å². The van der Waals surface area contributed by atoms with Gasteiger partial charge in [-0.25, -0.2) is 4.90 Å². The van der Waals surface area contributed by atoms with E-state index in [1.54, 1.807) is 30.3 Å². The maximum Gasteiger partial charge on any atom is 0.260 e. The number of hydrazone groups is 1. The number of amides is 2. The van der Waals surface area contributed by atoms with Crippen LogP contribution in [-0.4, -0.2) is 36.5 Å². The van der Waals surface area contributed by atoms with Crippen molar-refractivity contribution >= 4 is 34.7 Å². The third kappa shape index (κ3) is 2.58. The first-order valence-corrected chi connectivity index (χ1v) is 8.90. The van der Waals surface area contributed by atoms with Gasteiger partial charge in [0.05, 0.1) is 18.5 Å². The maximum absolute atomic E-state index is 13.3. The summed E-state index contributed by atoms with van der Waals surface area (Å²) in [5.74, 6) is -1.75. The number of nitrogens with zero attached hydrogens (tertiary/aromatic N) is 3. The van der Waals surface area contributed by atoms with E-state index in [1.807, 2.05) is 25.1 Å². The molecule has 0 saturated carbocycles. The highest BCUT2D eigenvalue weighted by atomic mass is 16.5. The van der Waals surface area contributed by atoms with Gasteiger partial charge in [-0.2, -0.15) is 5.10 Å². The lowest BCUT2D eigenvalue weighted by molar-refractivity contribution is -0.122. The van der Waals surface area contributed by atoms with Crippen molar-refractivity contribution in [3.05, 3.63) is 54.1 Å². The SMILES string of the molecule is COc1ccccc1N1C(=O)[C@H]2C(C(C)=O)=NN(c3cccc(C)c3)[C@@H]2C1=O. The largest absolute Gasteiger partial charge is 0.495 e. The lowest BCUT2D eigenvalue weighted by Crippen LogP contribution is -2.39. The van der Waals surface area contributed by atoms with Gasteiger partial charge in [-0.15, -0.1) is 0 Å². The molecule has 0 spiro atoms. The molecular weight excluding hydrogens is 358 g/mol. The average Bonchev–Trinajstić information content (AvgIpc) is 3.19. The Morgan fingerprint density at radius 1 is 1.07 bits per heavy atom. The second kappa shape index (κ2) is 6.60. The highest BCUT2D eigenvalue weighted by Crippen LogP contribution is 2.40. The number of rotatable bonds is 4. The number of fused-ring (bicyclic) bond motifs is 1. The molecule has 7 nitrogen and oxygen atoms in total. The van der Waals surface area contributed by atoms with Gasteiger partial charge in [0.15, 0.2) is 5.78 Å². The van der Waals surface area contributed by atoms with Crippen LogP contribution in [0.1, 0.15) is 12.5 Å². The van der Waals surface area contributed by atoms with Crippen molar-refractivity contribution in [2.45, 2.75) is 19.9 Å². The summed E-state index contributed by atoms with van der Waals surface area (Å²) < 4.78 is 5.32. The highest BCUT2D eigenvalue weighted by molar-refractivity contribution is 6.49. The summed E-state index contributed by atoms with van der Waals surface area (Å²) in [6, 6.07) is 13.4. The minimum atomic E-state index is -0.935. The molecule has 2 atom stereocenters. The predicted octanol–water partition coefficient (Wildman–Crippen LogP) is 2.33. The van der Waals surface area contributed by atoms with Crippen molar-refractivity contribution in [1.29, 1.82) is 0 Å². The Kier molecular flexibility index (Phi) is 4.22. The Hall–Kier alpha value is -3.48. The molecule has 2 amide bonds. The van der Waals surface area contributed by atoms with E-state index in [0.29, 0.717) is 17.1 Å². The van der Waals surface area contributed by atoms with E-state index >= 15 is 0 Å². The fourth-order valence-electron chi connectivity index (χ4n) is 3.74. The first-order chi connectivity index (χ1) is 13.4. The monoisotopic (exact) mass is 377 g/mol. The maximum atomic E-state index is 13.3. The van der Waals surface area contributed by atoms with Crippen molar-refractivity contribution in [2.75, 3.05) is 17.0 Å². The molecular formula is C21H19N3O4. The van der Waals surface area contributed by atoms with E-state index in [4.69, 9.17) is 4.74 Å². The Morgan fingerprint density at radius 2 is 1.82 bits per heavy atom. The summed E-state index contributed by atoms with van der Waals surface area (Å²) >= 11 is 0. The van der Waals surface area contributed by atoms with Crippen molar-refractivity contribution < 1.29 is 19.1 Å². The number of imide groups is 1. The fourth-order valence-corrected chi connectivity index (χ4v) is 3.74. The molecule has 0 aromatic heterocycles. The number of para-hydroxylation sites is 2. The van der Waals surface area contributed by atoms with Gasteiger partial charge in [-0.05, 0) is 36.8 Å². The molecule has 1 saturated heterocycles. The van der Waals surface area contributed by atoms with Gasteiger partial charge in [-0.3, -0.25) is 19.4 Å². The van der Waals surface area contributed by atoms with Gasteiger partial charge in [0.1, 0.15) is 23.4 Å². The second-order valence-corrected chi connectivity index (χ2v) is 6.83. The van der Waals surface area contributed by atoms with Gasteiger partial charge < -0.3 is 4.74 Å². The number of benzene rings is 2. The van der Waals surface area contributed by atoms with Crippen molar-refractivity contribution in [3.8, 4) is 5.75 Å². The van der Waals surface area contributed by atoms with Crippen molar-refractivity contribution in [1.82, 2.24) is 0 Å². The molecule has 2 aliphatic heterocycles. The molecule has 7 heteroatoms. The minimum Gasteiger partial charge on any atom is -0.495 e. The number of carbonyl (C=O) groups is 3. The molecule has 2 aliphatic rings. The van der Waals surface area contributed by atoms with E-state index in [-0.39, 0.29) is 11.5 Å². The number of ether oxygens (including phenoxy) is 1. The topological polar surface area (TPSA) is 79.3 Å². The Bertz CT molecular complexity index is 1030. The van der Waals surface area contributed by atoms with Crippen LogP contribution in [0.5, 0.6) is 5.75 Å². The standard InChI is InChI=1S/C21H19N3O4/c1-12-7-6-8-14(11-12)24-19-17(18(22-24)13(2)25)20(26)23(21(19)27)15-9-4-5-10-16(15)28-3/h4-11,17,19H,1-3H3/t17-,19-/m0/s1. The Morgan fingerprint density at radius 3 is 2.50 bits per heavy atom. The van der Waals surface area contributed by atoms with E-state index in [1.165, 1.54) is 19.0 Å². The molecule has 0 N–H and O–H groups in total. The van der Waals surface area contributed by atoms with Crippen LogP contribution in [0, 0.1) is 12.8 Å². The zero-order valence-electron chi connectivity index (χ0n) is 15.7. The fraction of sp³-hybridized carbons (Fsp3) is 0.238. The molecule has 1 fully saturated rings. The normalized spacial score (nSPS) is 21.0. The first kappa shape index (κ1) is 17.9. The highest BCUT2D eigenvalue weighted by Gasteiger charge is 2.58. The first-order valence-electron chi connectivity index (χ1n) is 8.90. The number of hydrogen-bond donors (Lipinski definition) is 0. The third-order valence-corrected chi connectivity index (χ3v) is 5.00. The quantitative estimate of drug-likeness (QED) is 0.764. The lowest BCUT2D eigenvalue weighted by Gasteiger charge is -2.23. The van der Waals surface area contributed by atoms with Gasteiger partial charge in [0, 0.05) is 6.92 Å². The lowest BCUT2D eigenvalue weighted by atomic mass is 9.95. The summed E-state index contributed by atoms with van der Waals surface area (Å²) in [5, 5.41) is 5.85. The smallest absolute Gasteiger partial charge is 0.260 e. The number of carbonyl (C=O) groups excluding carboxylic acids is 3. The van der Waals surface area contributed by atoms with E-state index < -0.39 is 23.8 Å². The molecule has 2 aromatic rings. The number of methoxy groups -OCH3 is 1. The Balaban J connectivity index is 1.83. The van der Waals surface area contributed by atoms with E-state index in [2.05, 4.69) is 5.10 Å². The van der Waals surface area contributed by atoms with Crippen LogP contribution in [0.25, 0.3) is 0 Å². The molecule has 142 valence electrons. The van der Waals surface area contributed by atoms with E-state index in [0.717, 1.165) is 10.5 Å². The summed E-state index contributed by atoms with van der Waals surface area (Å²) in [6.45, 7) is 3.29. The summed E-state index contributed by atoms with van der Waals surface area (Å²) in [7, 11) is 1.48. The van der Waals surface area contributed by atoms with Crippen LogP contribution in [0.15, 0.2) is 53.6 Å². The molecule has 0 aliphatic carbocycles. The van der Waals surface area contributed by atoms with Crippen LogP contribution in [-0.2, 0) is 14.4 Å². The molecule has 2 heterocycles. The van der Waals surface area contributed by atoms with Crippen LogP contribution in [0.3, 0.4) is 0 Å². The minimum absolute atomic E-state index is 0.0993. The van der Waals surface area contributed by atoms with Gasteiger partial charge >= 0.3 is 0 Å². The molecule has 2 aromatic carbocycles. The molecule has 0 unspecified atom stereocenters. The van der Waals surface area contributed by atoms with Crippen molar-refractivity contribution in [3.63, 3.8) is 0 Å². The van der Waals surface area contributed by atoms with Crippen LogP contribution in [0.4, 0.5) is 11.4 Å². The molecule has 28 heavy (non-hydrogen) atoms. The Labute approximate surface area is 162 Å². The zero-order chi connectivity index (χ0) is 20.0. The number of ketones is 1. The number of anilines is 2. The summed E-state index contributed by atoms with van der Waals surface area (Å²) in [6.07, 6.45) is 0. The number of aryl methyl sites for hydroxylation is 1.